The zero-order valence-corrected chi connectivity index (χ0v) is 17.5. The van der Waals surface area contributed by atoms with E-state index in [9.17, 15) is 14.4 Å². The molecule has 9 heteroatoms. The summed E-state index contributed by atoms with van der Waals surface area (Å²) in [7, 11) is 1.45. The summed E-state index contributed by atoms with van der Waals surface area (Å²) in [6.07, 6.45) is 2.16. The maximum Gasteiger partial charge on any atom is 0.338 e. The van der Waals surface area contributed by atoms with Crippen LogP contribution in [-0.2, 0) is 14.3 Å². The lowest BCUT2D eigenvalue weighted by Gasteiger charge is -2.08. The number of hydrazone groups is 1. The van der Waals surface area contributed by atoms with Crippen LogP contribution in [0.25, 0.3) is 0 Å². The van der Waals surface area contributed by atoms with Crippen LogP contribution >= 0.6 is 0 Å². The number of hydrogen-bond acceptors (Lipinski definition) is 8. The van der Waals surface area contributed by atoms with Gasteiger partial charge in [-0.05, 0) is 54.4 Å². The minimum Gasteiger partial charge on any atom is -0.493 e. The van der Waals surface area contributed by atoms with Gasteiger partial charge in [0, 0.05) is 6.92 Å². The van der Waals surface area contributed by atoms with Crippen LogP contribution in [0, 0.1) is 0 Å². The van der Waals surface area contributed by atoms with E-state index >= 15 is 0 Å². The van der Waals surface area contributed by atoms with Gasteiger partial charge in [-0.1, -0.05) is 6.92 Å². The number of amides is 1. The van der Waals surface area contributed by atoms with Gasteiger partial charge < -0.3 is 18.9 Å². The van der Waals surface area contributed by atoms with Crippen LogP contribution in [0.2, 0.25) is 0 Å². The summed E-state index contributed by atoms with van der Waals surface area (Å²) in [6, 6.07) is 11.1. The second-order valence-electron chi connectivity index (χ2n) is 6.25. The van der Waals surface area contributed by atoms with E-state index in [4.69, 9.17) is 18.9 Å². The van der Waals surface area contributed by atoms with E-state index in [0.29, 0.717) is 29.2 Å². The predicted octanol–water partition coefficient (Wildman–Crippen LogP) is 2.72. The van der Waals surface area contributed by atoms with Gasteiger partial charge in [0.25, 0.3) is 5.91 Å². The molecule has 0 aliphatic rings. The van der Waals surface area contributed by atoms with Gasteiger partial charge in [-0.3, -0.25) is 9.59 Å². The molecule has 9 nitrogen and oxygen atoms in total. The molecule has 0 bridgehead atoms. The normalized spacial score (nSPS) is 10.4. The summed E-state index contributed by atoms with van der Waals surface area (Å²) < 4.78 is 20.6. The second-order valence-corrected chi connectivity index (χ2v) is 6.25. The van der Waals surface area contributed by atoms with E-state index in [1.54, 1.807) is 42.5 Å². The highest BCUT2D eigenvalue weighted by Gasteiger charge is 2.09. The summed E-state index contributed by atoms with van der Waals surface area (Å²) in [4.78, 5) is 34.7. The van der Waals surface area contributed by atoms with Crippen LogP contribution in [0.5, 0.6) is 17.2 Å². The van der Waals surface area contributed by atoms with E-state index < -0.39 is 17.8 Å². The van der Waals surface area contributed by atoms with Gasteiger partial charge >= 0.3 is 11.9 Å². The molecule has 0 aliphatic carbocycles. The largest absolute Gasteiger partial charge is 0.493 e. The molecule has 31 heavy (non-hydrogen) atoms. The van der Waals surface area contributed by atoms with Crippen molar-refractivity contribution in [2.75, 3.05) is 20.3 Å². The van der Waals surface area contributed by atoms with Crippen molar-refractivity contribution in [3.8, 4) is 17.2 Å². The summed E-state index contributed by atoms with van der Waals surface area (Å²) in [6.45, 7) is 3.31. The van der Waals surface area contributed by atoms with E-state index in [-0.39, 0.29) is 12.4 Å². The lowest BCUT2D eigenvalue weighted by molar-refractivity contribution is -0.132. The van der Waals surface area contributed by atoms with Gasteiger partial charge in [0.15, 0.2) is 18.1 Å². The van der Waals surface area contributed by atoms with Gasteiger partial charge in [-0.15, -0.1) is 0 Å². The Morgan fingerprint density at radius 3 is 2.45 bits per heavy atom. The Hall–Kier alpha value is -3.88. The smallest absolute Gasteiger partial charge is 0.338 e. The third-order valence-corrected chi connectivity index (χ3v) is 3.74. The first-order valence-electron chi connectivity index (χ1n) is 9.51. The van der Waals surface area contributed by atoms with Gasteiger partial charge in [0.2, 0.25) is 0 Å². The molecule has 2 rings (SSSR count). The van der Waals surface area contributed by atoms with Crippen LogP contribution in [-0.4, -0.2) is 44.4 Å². The van der Waals surface area contributed by atoms with Crippen molar-refractivity contribution in [2.24, 2.45) is 5.10 Å². The van der Waals surface area contributed by atoms with Crippen molar-refractivity contribution in [3.63, 3.8) is 0 Å². The van der Waals surface area contributed by atoms with Crippen molar-refractivity contribution in [2.45, 2.75) is 20.3 Å². The molecular formula is C22H24N2O7. The van der Waals surface area contributed by atoms with Gasteiger partial charge in [-0.25, -0.2) is 10.2 Å². The van der Waals surface area contributed by atoms with Crippen molar-refractivity contribution in [1.29, 1.82) is 0 Å². The summed E-state index contributed by atoms with van der Waals surface area (Å²) in [5, 5.41) is 3.86. The van der Waals surface area contributed by atoms with Crippen LogP contribution in [0.15, 0.2) is 47.6 Å². The summed E-state index contributed by atoms with van der Waals surface area (Å²) >= 11 is 0. The lowest BCUT2D eigenvalue weighted by Crippen LogP contribution is -2.24. The fraction of sp³-hybridized carbons (Fsp3) is 0.273. The first kappa shape index (κ1) is 23.4. The molecule has 1 N–H and O–H groups in total. The number of rotatable bonds is 10. The van der Waals surface area contributed by atoms with Crippen LogP contribution in [0.3, 0.4) is 0 Å². The molecule has 0 saturated heterocycles. The number of hydrogen-bond donors (Lipinski definition) is 1. The van der Waals surface area contributed by atoms with E-state index in [1.165, 1.54) is 20.2 Å². The molecule has 164 valence electrons. The quantitative estimate of drug-likeness (QED) is 0.268. The minimum absolute atomic E-state index is 0.258. The number of carbonyl (C=O) groups excluding carboxylic acids is 3. The zero-order chi connectivity index (χ0) is 22.6. The van der Waals surface area contributed by atoms with Crippen molar-refractivity contribution >= 4 is 24.1 Å². The predicted molar refractivity (Wildman–Crippen MR) is 113 cm³/mol. The minimum atomic E-state index is -0.466. The Balaban J connectivity index is 1.83. The van der Waals surface area contributed by atoms with Gasteiger partial charge in [0.05, 0.1) is 25.5 Å². The molecule has 0 saturated carbocycles. The van der Waals surface area contributed by atoms with Crippen molar-refractivity contribution < 1.29 is 33.3 Å². The first-order chi connectivity index (χ1) is 14.9. The molecule has 0 unspecified atom stereocenters. The third-order valence-electron chi connectivity index (χ3n) is 3.74. The fourth-order valence-corrected chi connectivity index (χ4v) is 2.33. The topological polar surface area (TPSA) is 113 Å². The monoisotopic (exact) mass is 428 g/mol. The highest BCUT2D eigenvalue weighted by molar-refractivity contribution is 5.89. The van der Waals surface area contributed by atoms with Crippen molar-refractivity contribution in [3.05, 3.63) is 53.6 Å². The summed E-state index contributed by atoms with van der Waals surface area (Å²) in [5.41, 5.74) is 3.38. The molecule has 0 radical (unpaired) electrons. The molecule has 2 aromatic rings. The first-order valence-corrected chi connectivity index (χ1v) is 9.51. The SMILES string of the molecule is CCCOC(=O)c1ccc(OCC(=O)NN=Cc2ccc(OC(C)=O)c(OC)c2)cc1. The maximum atomic E-state index is 11.9. The van der Waals surface area contributed by atoms with Crippen LogP contribution in [0.1, 0.15) is 36.2 Å². The molecular weight excluding hydrogens is 404 g/mol. The number of nitrogens with zero attached hydrogens (tertiary/aromatic N) is 1. The number of methoxy groups -OCH3 is 1. The Kier molecular flexibility index (Phi) is 9.03. The second kappa shape index (κ2) is 12.0. The molecule has 0 spiro atoms. The molecule has 1 amide bonds. The Morgan fingerprint density at radius 1 is 1.06 bits per heavy atom. The lowest BCUT2D eigenvalue weighted by atomic mass is 10.2. The number of benzene rings is 2. The van der Waals surface area contributed by atoms with Crippen LogP contribution < -0.4 is 19.6 Å². The Labute approximate surface area is 179 Å². The Bertz CT molecular complexity index is 939. The average Bonchev–Trinajstić information content (AvgIpc) is 2.77. The molecule has 0 atom stereocenters. The highest BCUT2D eigenvalue weighted by atomic mass is 16.6. The van der Waals surface area contributed by atoms with E-state index in [2.05, 4.69) is 10.5 Å². The fourth-order valence-electron chi connectivity index (χ4n) is 2.33. The third kappa shape index (κ3) is 7.81. The van der Waals surface area contributed by atoms with Crippen LogP contribution in [0.4, 0.5) is 0 Å². The number of ether oxygens (including phenoxy) is 4. The Morgan fingerprint density at radius 2 is 1.81 bits per heavy atom. The molecule has 0 aromatic heterocycles. The zero-order valence-electron chi connectivity index (χ0n) is 17.5. The van der Waals surface area contributed by atoms with Gasteiger partial charge in [-0.2, -0.15) is 5.10 Å². The number of nitrogens with one attached hydrogen (secondary N) is 1. The molecule has 2 aromatic carbocycles. The number of esters is 2. The molecule has 0 fully saturated rings. The maximum absolute atomic E-state index is 11.9. The van der Waals surface area contributed by atoms with E-state index in [1.807, 2.05) is 6.92 Å². The standard InChI is InChI=1S/C22H24N2O7/c1-4-11-29-22(27)17-6-8-18(9-7-17)30-14-21(26)24-23-13-16-5-10-19(31-15(2)25)20(12-16)28-3/h5-10,12-13H,4,11,14H2,1-3H3,(H,24,26). The average molecular weight is 428 g/mol. The number of carbonyl (C=O) groups is 3. The molecule has 0 heterocycles. The van der Waals surface area contributed by atoms with E-state index in [0.717, 1.165) is 6.42 Å². The summed E-state index contributed by atoms with van der Waals surface area (Å²) in [5.74, 6) is -0.260. The van der Waals surface area contributed by atoms with Crippen molar-refractivity contribution in [1.82, 2.24) is 5.43 Å². The molecule has 0 aliphatic heterocycles. The van der Waals surface area contributed by atoms with Gasteiger partial charge in [0.1, 0.15) is 5.75 Å². The highest BCUT2D eigenvalue weighted by Crippen LogP contribution is 2.27.